The van der Waals surface area contributed by atoms with Gasteiger partial charge in [-0.15, -0.1) is 0 Å². The van der Waals surface area contributed by atoms with E-state index in [9.17, 15) is 0 Å². The van der Waals surface area contributed by atoms with Crippen molar-refractivity contribution in [2.45, 2.75) is 47.1 Å². The molecule has 1 heterocycles. The average Bonchev–Trinajstić information content (AvgIpc) is 2.50. The molecule has 0 aromatic carbocycles. The van der Waals surface area contributed by atoms with Crippen molar-refractivity contribution in [2.75, 3.05) is 19.7 Å². The Labute approximate surface area is 134 Å². The van der Waals surface area contributed by atoms with Gasteiger partial charge in [-0.1, -0.05) is 19.9 Å². The number of ether oxygens (including phenoxy) is 1. The van der Waals surface area contributed by atoms with Crippen LogP contribution in [0.25, 0.3) is 0 Å². The van der Waals surface area contributed by atoms with Gasteiger partial charge >= 0.3 is 0 Å². The summed E-state index contributed by atoms with van der Waals surface area (Å²) in [6, 6.07) is 3.92. The van der Waals surface area contributed by atoms with E-state index in [-0.39, 0.29) is 0 Å². The monoisotopic (exact) mass is 306 g/mol. The van der Waals surface area contributed by atoms with Crippen LogP contribution < -0.4 is 15.4 Å². The summed E-state index contributed by atoms with van der Waals surface area (Å²) >= 11 is 0. The Bertz CT molecular complexity index is 446. The quantitative estimate of drug-likeness (QED) is 0.418. The first kappa shape index (κ1) is 18.3. The van der Waals surface area contributed by atoms with Crippen LogP contribution in [0.15, 0.2) is 23.3 Å². The largest absolute Gasteiger partial charge is 0.478 e. The van der Waals surface area contributed by atoms with Gasteiger partial charge in [0.2, 0.25) is 5.88 Å². The second kappa shape index (κ2) is 10.9. The number of nitrogens with one attached hydrogen (secondary N) is 2. The Morgan fingerprint density at radius 3 is 2.82 bits per heavy atom. The van der Waals surface area contributed by atoms with Gasteiger partial charge in [-0.3, -0.25) is 0 Å². The molecule has 22 heavy (non-hydrogen) atoms. The summed E-state index contributed by atoms with van der Waals surface area (Å²) in [7, 11) is 0. The third-order valence-electron chi connectivity index (χ3n) is 3.13. The molecule has 0 atom stereocenters. The third kappa shape index (κ3) is 7.29. The van der Waals surface area contributed by atoms with Gasteiger partial charge in [-0.25, -0.2) is 9.98 Å². The maximum Gasteiger partial charge on any atom is 0.218 e. The van der Waals surface area contributed by atoms with Crippen molar-refractivity contribution in [3.05, 3.63) is 23.9 Å². The first-order valence-electron chi connectivity index (χ1n) is 8.26. The summed E-state index contributed by atoms with van der Waals surface area (Å²) in [4.78, 5) is 8.87. The number of aromatic nitrogens is 1. The Morgan fingerprint density at radius 2 is 2.14 bits per heavy atom. The smallest absolute Gasteiger partial charge is 0.218 e. The number of pyridine rings is 1. The zero-order chi connectivity index (χ0) is 16.2. The molecule has 1 aromatic heterocycles. The van der Waals surface area contributed by atoms with E-state index in [1.807, 2.05) is 19.1 Å². The van der Waals surface area contributed by atoms with Crippen LogP contribution in [0.2, 0.25) is 0 Å². The molecule has 0 saturated heterocycles. The summed E-state index contributed by atoms with van der Waals surface area (Å²) in [5.41, 5.74) is 1.00. The van der Waals surface area contributed by atoms with Crippen molar-refractivity contribution in [1.82, 2.24) is 15.6 Å². The van der Waals surface area contributed by atoms with Gasteiger partial charge in [0.25, 0.3) is 0 Å². The predicted octanol–water partition coefficient (Wildman–Crippen LogP) is 2.97. The predicted molar refractivity (Wildman–Crippen MR) is 92.3 cm³/mol. The maximum absolute atomic E-state index is 5.53. The van der Waals surface area contributed by atoms with Crippen molar-refractivity contribution in [2.24, 2.45) is 10.9 Å². The summed E-state index contributed by atoms with van der Waals surface area (Å²) in [6.45, 7) is 11.5. The number of aliphatic imine (C=N–C) groups is 1. The fourth-order valence-electron chi connectivity index (χ4n) is 2.03. The van der Waals surface area contributed by atoms with Crippen molar-refractivity contribution < 1.29 is 4.74 Å². The van der Waals surface area contributed by atoms with Gasteiger partial charge in [-0.2, -0.15) is 0 Å². The highest BCUT2D eigenvalue weighted by Crippen LogP contribution is 2.15. The van der Waals surface area contributed by atoms with Crippen molar-refractivity contribution in [3.63, 3.8) is 0 Å². The molecule has 0 bridgehead atoms. The minimum absolute atomic E-state index is 0.558. The molecule has 0 radical (unpaired) electrons. The van der Waals surface area contributed by atoms with Crippen LogP contribution in [0.3, 0.4) is 0 Å². The third-order valence-corrected chi connectivity index (χ3v) is 3.13. The van der Waals surface area contributed by atoms with Gasteiger partial charge in [0.1, 0.15) is 0 Å². The molecule has 124 valence electrons. The Kier molecular flexibility index (Phi) is 9.03. The van der Waals surface area contributed by atoms with Crippen molar-refractivity contribution >= 4 is 5.96 Å². The van der Waals surface area contributed by atoms with Crippen molar-refractivity contribution in [3.8, 4) is 5.88 Å². The molecule has 0 aliphatic rings. The van der Waals surface area contributed by atoms with E-state index >= 15 is 0 Å². The van der Waals surface area contributed by atoms with Crippen molar-refractivity contribution in [1.29, 1.82) is 0 Å². The molecule has 0 aliphatic heterocycles. The van der Waals surface area contributed by atoms with Crippen LogP contribution >= 0.6 is 0 Å². The normalized spacial score (nSPS) is 11.6. The molecule has 2 N–H and O–H groups in total. The topological polar surface area (TPSA) is 58.5 Å². The van der Waals surface area contributed by atoms with Crippen LogP contribution in [-0.2, 0) is 6.54 Å². The number of hydrogen-bond acceptors (Lipinski definition) is 3. The van der Waals surface area contributed by atoms with Crippen LogP contribution in [0.4, 0.5) is 0 Å². The van der Waals surface area contributed by atoms with E-state index in [0.717, 1.165) is 37.0 Å². The number of nitrogens with zero attached hydrogens (tertiary/aromatic N) is 2. The Balaban J connectivity index is 2.57. The Morgan fingerprint density at radius 1 is 1.32 bits per heavy atom. The van der Waals surface area contributed by atoms with E-state index < -0.39 is 0 Å². The van der Waals surface area contributed by atoms with Gasteiger partial charge in [0.15, 0.2) is 5.96 Å². The van der Waals surface area contributed by atoms with Crippen LogP contribution in [0.5, 0.6) is 5.88 Å². The standard InChI is InChI=1S/C17H30N4O/c1-5-18-17(20-12-7-9-14(3)4)21-13-15-10-8-11-19-16(15)22-6-2/h8,10-11,14H,5-7,9,12-13H2,1-4H3,(H2,18,20,21). The van der Waals surface area contributed by atoms with Crippen LogP contribution in [0.1, 0.15) is 46.1 Å². The molecule has 5 heteroatoms. The SMILES string of the molecule is CCNC(=NCc1cccnc1OCC)NCCCC(C)C. The second-order valence-corrected chi connectivity index (χ2v) is 5.56. The van der Waals surface area contributed by atoms with E-state index in [1.54, 1.807) is 6.20 Å². The number of rotatable bonds is 9. The maximum atomic E-state index is 5.53. The molecule has 0 unspecified atom stereocenters. The number of guanidine groups is 1. The molecule has 0 spiro atoms. The van der Waals surface area contributed by atoms with E-state index in [1.165, 1.54) is 6.42 Å². The first-order valence-corrected chi connectivity index (χ1v) is 8.26. The summed E-state index contributed by atoms with van der Waals surface area (Å²) < 4.78 is 5.53. The van der Waals surface area contributed by atoms with E-state index in [0.29, 0.717) is 19.0 Å². The molecule has 5 nitrogen and oxygen atoms in total. The van der Waals surface area contributed by atoms with E-state index in [2.05, 4.69) is 41.4 Å². The fourth-order valence-corrected chi connectivity index (χ4v) is 2.03. The highest BCUT2D eigenvalue weighted by Gasteiger charge is 2.04. The molecular weight excluding hydrogens is 276 g/mol. The summed E-state index contributed by atoms with van der Waals surface area (Å²) in [6.07, 6.45) is 4.12. The second-order valence-electron chi connectivity index (χ2n) is 5.56. The molecule has 0 saturated carbocycles. The lowest BCUT2D eigenvalue weighted by Crippen LogP contribution is -2.37. The van der Waals surface area contributed by atoms with Crippen LogP contribution in [-0.4, -0.2) is 30.6 Å². The zero-order valence-electron chi connectivity index (χ0n) is 14.4. The zero-order valence-corrected chi connectivity index (χ0v) is 14.4. The lowest BCUT2D eigenvalue weighted by molar-refractivity contribution is 0.323. The highest BCUT2D eigenvalue weighted by molar-refractivity contribution is 5.79. The lowest BCUT2D eigenvalue weighted by Gasteiger charge is -2.12. The first-order chi connectivity index (χ1) is 10.7. The number of hydrogen-bond donors (Lipinski definition) is 2. The van der Waals surface area contributed by atoms with Gasteiger partial charge in [-0.05, 0) is 38.7 Å². The summed E-state index contributed by atoms with van der Waals surface area (Å²) in [5.74, 6) is 2.26. The average molecular weight is 306 g/mol. The molecular formula is C17H30N4O. The summed E-state index contributed by atoms with van der Waals surface area (Å²) in [5, 5.41) is 6.65. The molecule has 1 rings (SSSR count). The van der Waals surface area contributed by atoms with Gasteiger partial charge in [0, 0.05) is 24.8 Å². The fraction of sp³-hybridized carbons (Fsp3) is 0.647. The molecule has 0 aliphatic carbocycles. The Hall–Kier alpha value is -1.78. The van der Waals surface area contributed by atoms with Gasteiger partial charge in [0.05, 0.1) is 13.2 Å². The van der Waals surface area contributed by atoms with E-state index in [4.69, 9.17) is 4.74 Å². The minimum Gasteiger partial charge on any atom is -0.478 e. The minimum atomic E-state index is 0.558. The lowest BCUT2D eigenvalue weighted by atomic mass is 10.1. The highest BCUT2D eigenvalue weighted by atomic mass is 16.5. The molecule has 1 aromatic rings. The van der Waals surface area contributed by atoms with Gasteiger partial charge < -0.3 is 15.4 Å². The van der Waals surface area contributed by atoms with Crippen LogP contribution in [0, 0.1) is 5.92 Å². The molecule has 0 amide bonds. The molecule has 0 fully saturated rings.